The molecule has 25 heavy (non-hydrogen) atoms. The molecule has 0 saturated carbocycles. The zero-order chi connectivity index (χ0) is 18.6. The number of ether oxygens (including phenoxy) is 1. The summed E-state index contributed by atoms with van der Waals surface area (Å²) in [7, 11) is 0. The van der Waals surface area contributed by atoms with Gasteiger partial charge in [0.2, 0.25) is 5.91 Å². The highest BCUT2D eigenvalue weighted by molar-refractivity contribution is 5.94. The Hall–Kier alpha value is -3.23. The van der Waals surface area contributed by atoms with Gasteiger partial charge in [0.25, 0.3) is 11.5 Å². The highest BCUT2D eigenvalue weighted by Crippen LogP contribution is 2.14. The molecule has 0 unspecified atom stereocenters. The number of esters is 1. The molecule has 0 fully saturated rings. The molecular weight excluding hydrogens is 328 g/mol. The zero-order valence-corrected chi connectivity index (χ0v) is 14.1. The average Bonchev–Trinajstić information content (AvgIpc) is 2.58. The number of hydrogen-bond donors (Lipinski definition) is 2. The molecule has 1 aromatic heterocycles. The molecule has 2 N–H and O–H groups in total. The smallest absolute Gasteiger partial charge is 0.338 e. The Labute approximate surface area is 143 Å². The quantitative estimate of drug-likeness (QED) is 0.596. The fourth-order valence-electron chi connectivity index (χ4n) is 2.22. The largest absolute Gasteiger partial charge is 0.452 e. The molecule has 2 aromatic rings. The first-order valence-electron chi connectivity index (χ1n) is 7.57. The van der Waals surface area contributed by atoms with Crippen molar-refractivity contribution < 1.29 is 19.1 Å². The van der Waals surface area contributed by atoms with Crippen LogP contribution in [0.4, 0.5) is 0 Å². The number of benzene rings is 1. The molecule has 132 valence electrons. The maximum atomic E-state index is 12.1. The third-order valence-corrected chi connectivity index (χ3v) is 3.37. The van der Waals surface area contributed by atoms with E-state index >= 15 is 0 Å². The molecule has 0 atom stereocenters. The van der Waals surface area contributed by atoms with Gasteiger partial charge in [-0.2, -0.15) is 0 Å². The Balaban J connectivity index is 2.17. The summed E-state index contributed by atoms with van der Waals surface area (Å²) in [5, 5.41) is 0. The molecule has 0 spiro atoms. The number of nitrogens with zero attached hydrogens (tertiary/aromatic N) is 2. The van der Waals surface area contributed by atoms with Gasteiger partial charge < -0.3 is 9.30 Å². The van der Waals surface area contributed by atoms with E-state index in [9.17, 15) is 19.2 Å². The van der Waals surface area contributed by atoms with Crippen molar-refractivity contribution in [1.29, 1.82) is 0 Å². The van der Waals surface area contributed by atoms with Gasteiger partial charge in [-0.05, 0) is 32.0 Å². The summed E-state index contributed by atoms with van der Waals surface area (Å²) in [6.45, 7) is 4.61. The Bertz CT molecular complexity index is 903. The standard InChI is InChI=1S/C16H18N4O5/c1-4-20-13-6-5-11(7-12(13)17-9(2)15(20)23)16(24)25-8-14(22)19-18-10(3)21/h5-7H,4,8H2,1-3H3,(H,18,21)(H,19,22). The van der Waals surface area contributed by atoms with Crippen molar-refractivity contribution in [2.75, 3.05) is 6.61 Å². The van der Waals surface area contributed by atoms with E-state index in [0.717, 1.165) is 0 Å². The number of rotatable bonds is 4. The van der Waals surface area contributed by atoms with Crippen LogP contribution in [-0.2, 0) is 20.9 Å². The summed E-state index contributed by atoms with van der Waals surface area (Å²) in [5.41, 5.74) is 5.61. The Morgan fingerprint density at radius 2 is 1.96 bits per heavy atom. The van der Waals surface area contributed by atoms with E-state index in [1.165, 1.54) is 19.1 Å². The Kier molecular flexibility index (Phi) is 5.48. The fourth-order valence-corrected chi connectivity index (χ4v) is 2.22. The molecule has 0 saturated heterocycles. The topological polar surface area (TPSA) is 119 Å². The third kappa shape index (κ3) is 4.19. The van der Waals surface area contributed by atoms with Gasteiger partial charge in [0.15, 0.2) is 6.61 Å². The average molecular weight is 346 g/mol. The molecule has 0 aliphatic carbocycles. The summed E-state index contributed by atoms with van der Waals surface area (Å²) < 4.78 is 6.45. The summed E-state index contributed by atoms with van der Waals surface area (Å²) in [4.78, 5) is 50.4. The summed E-state index contributed by atoms with van der Waals surface area (Å²) in [5.74, 6) is -1.83. The minimum absolute atomic E-state index is 0.181. The van der Waals surface area contributed by atoms with Crippen molar-refractivity contribution in [1.82, 2.24) is 20.4 Å². The lowest BCUT2D eigenvalue weighted by Gasteiger charge is -2.10. The van der Waals surface area contributed by atoms with Crippen LogP contribution in [0.1, 0.15) is 29.9 Å². The molecular formula is C16H18N4O5. The zero-order valence-electron chi connectivity index (χ0n) is 14.1. The molecule has 0 aliphatic rings. The maximum Gasteiger partial charge on any atom is 0.338 e. The molecule has 9 nitrogen and oxygen atoms in total. The SMILES string of the molecule is CCn1c(=O)c(C)nc2cc(C(=O)OCC(=O)NNC(C)=O)ccc21. The second-order valence-electron chi connectivity index (χ2n) is 5.26. The number of nitrogens with one attached hydrogen (secondary N) is 2. The number of carbonyl (C=O) groups excluding carboxylic acids is 3. The van der Waals surface area contributed by atoms with Crippen molar-refractivity contribution in [2.45, 2.75) is 27.3 Å². The third-order valence-electron chi connectivity index (χ3n) is 3.37. The number of aromatic nitrogens is 2. The normalized spacial score (nSPS) is 10.4. The van der Waals surface area contributed by atoms with Crippen LogP contribution in [0.15, 0.2) is 23.0 Å². The van der Waals surface area contributed by atoms with E-state index < -0.39 is 24.4 Å². The van der Waals surface area contributed by atoms with Crippen LogP contribution in [0.25, 0.3) is 11.0 Å². The van der Waals surface area contributed by atoms with E-state index in [0.29, 0.717) is 23.3 Å². The highest BCUT2D eigenvalue weighted by Gasteiger charge is 2.13. The van der Waals surface area contributed by atoms with E-state index in [1.54, 1.807) is 17.6 Å². The van der Waals surface area contributed by atoms with E-state index in [1.807, 2.05) is 6.92 Å². The van der Waals surface area contributed by atoms with Gasteiger partial charge in [0.1, 0.15) is 5.69 Å². The number of carbonyl (C=O) groups is 3. The molecule has 0 bridgehead atoms. The first-order chi connectivity index (χ1) is 11.8. The van der Waals surface area contributed by atoms with E-state index in [2.05, 4.69) is 15.8 Å². The number of amides is 2. The second-order valence-corrected chi connectivity index (χ2v) is 5.26. The van der Waals surface area contributed by atoms with Crippen LogP contribution in [0, 0.1) is 6.92 Å². The van der Waals surface area contributed by atoms with Crippen molar-refractivity contribution >= 4 is 28.8 Å². The first-order valence-corrected chi connectivity index (χ1v) is 7.57. The molecule has 0 radical (unpaired) electrons. The van der Waals surface area contributed by atoms with Crippen LogP contribution >= 0.6 is 0 Å². The van der Waals surface area contributed by atoms with E-state index in [-0.39, 0.29) is 11.1 Å². The number of aryl methyl sites for hydroxylation is 2. The monoisotopic (exact) mass is 346 g/mol. The van der Waals surface area contributed by atoms with Crippen LogP contribution in [0.5, 0.6) is 0 Å². The molecule has 9 heteroatoms. The molecule has 2 rings (SSSR count). The van der Waals surface area contributed by atoms with Crippen molar-refractivity contribution in [2.24, 2.45) is 0 Å². The van der Waals surface area contributed by atoms with Crippen molar-refractivity contribution in [3.05, 3.63) is 39.8 Å². The number of fused-ring (bicyclic) bond motifs is 1. The molecule has 1 aromatic carbocycles. The fraction of sp³-hybridized carbons (Fsp3) is 0.312. The van der Waals surface area contributed by atoms with Crippen LogP contribution in [0.2, 0.25) is 0 Å². The maximum absolute atomic E-state index is 12.1. The summed E-state index contributed by atoms with van der Waals surface area (Å²) in [6, 6.07) is 4.61. The van der Waals surface area contributed by atoms with Gasteiger partial charge >= 0.3 is 5.97 Å². The van der Waals surface area contributed by atoms with Gasteiger partial charge in [0, 0.05) is 13.5 Å². The second kappa shape index (κ2) is 7.56. The lowest BCUT2D eigenvalue weighted by molar-refractivity contribution is -0.129. The van der Waals surface area contributed by atoms with Crippen LogP contribution < -0.4 is 16.4 Å². The van der Waals surface area contributed by atoms with Crippen molar-refractivity contribution in [3.63, 3.8) is 0 Å². The lowest BCUT2D eigenvalue weighted by atomic mass is 10.2. The lowest BCUT2D eigenvalue weighted by Crippen LogP contribution is -2.42. The first kappa shape index (κ1) is 18.1. The van der Waals surface area contributed by atoms with Gasteiger partial charge in [-0.1, -0.05) is 0 Å². The van der Waals surface area contributed by atoms with E-state index in [4.69, 9.17) is 4.74 Å². The Morgan fingerprint density at radius 1 is 1.24 bits per heavy atom. The van der Waals surface area contributed by atoms with Gasteiger partial charge in [-0.3, -0.25) is 25.2 Å². The minimum Gasteiger partial charge on any atom is -0.452 e. The summed E-state index contributed by atoms with van der Waals surface area (Å²) in [6.07, 6.45) is 0. The minimum atomic E-state index is -0.714. The predicted molar refractivity (Wildman–Crippen MR) is 88.7 cm³/mol. The van der Waals surface area contributed by atoms with Crippen LogP contribution in [0.3, 0.4) is 0 Å². The summed E-state index contributed by atoms with van der Waals surface area (Å²) >= 11 is 0. The highest BCUT2D eigenvalue weighted by atomic mass is 16.5. The predicted octanol–water partition coefficient (Wildman–Crippen LogP) is 0.0489. The van der Waals surface area contributed by atoms with Gasteiger partial charge in [0.05, 0.1) is 16.6 Å². The molecule has 1 heterocycles. The number of hydrogen-bond acceptors (Lipinski definition) is 6. The van der Waals surface area contributed by atoms with Gasteiger partial charge in [-0.15, -0.1) is 0 Å². The van der Waals surface area contributed by atoms with Crippen LogP contribution in [-0.4, -0.2) is 33.9 Å². The molecule has 0 aliphatic heterocycles. The number of hydrazine groups is 1. The van der Waals surface area contributed by atoms with Gasteiger partial charge in [-0.25, -0.2) is 9.78 Å². The van der Waals surface area contributed by atoms with Crippen molar-refractivity contribution in [3.8, 4) is 0 Å². The molecule has 2 amide bonds. The Morgan fingerprint density at radius 3 is 2.60 bits per heavy atom.